The molecule has 0 spiro atoms. The van der Waals surface area contributed by atoms with Gasteiger partial charge in [0.25, 0.3) is 5.91 Å². The first-order valence-corrected chi connectivity index (χ1v) is 6.81. The molecular weight excluding hydrogens is 300 g/mol. The second-order valence-electron chi connectivity index (χ2n) is 4.21. The van der Waals surface area contributed by atoms with Gasteiger partial charge in [0.2, 0.25) is 0 Å². The normalized spacial score (nSPS) is 11.9. The number of nitrogens with one attached hydrogen (secondary N) is 1. The third-order valence-electron chi connectivity index (χ3n) is 2.78. The van der Waals surface area contributed by atoms with Gasteiger partial charge in [0.05, 0.1) is 16.0 Å². The lowest BCUT2D eigenvalue weighted by molar-refractivity contribution is 0.0953. The minimum absolute atomic E-state index is 0.0772. The fourth-order valence-corrected chi connectivity index (χ4v) is 2.21. The van der Waals surface area contributed by atoms with Crippen molar-refractivity contribution in [2.45, 2.75) is 5.38 Å². The molecule has 2 rings (SSSR count). The van der Waals surface area contributed by atoms with E-state index in [0.29, 0.717) is 0 Å². The van der Waals surface area contributed by atoms with E-state index in [-0.39, 0.29) is 28.4 Å². The molecule has 2 aromatic rings. The van der Waals surface area contributed by atoms with Crippen molar-refractivity contribution in [1.82, 2.24) is 5.32 Å². The summed E-state index contributed by atoms with van der Waals surface area (Å²) in [6, 6.07) is 13.1. The van der Waals surface area contributed by atoms with Crippen molar-refractivity contribution < 1.29 is 9.18 Å². The van der Waals surface area contributed by atoms with Crippen LogP contribution in [0.3, 0.4) is 0 Å². The first kappa shape index (κ1) is 14.8. The van der Waals surface area contributed by atoms with Gasteiger partial charge in [-0.25, -0.2) is 4.39 Å². The van der Waals surface area contributed by atoms with E-state index in [9.17, 15) is 9.18 Å². The molecule has 5 heteroatoms. The number of carbonyl (C=O) groups is 1. The number of amides is 1. The van der Waals surface area contributed by atoms with E-state index in [1.165, 1.54) is 12.1 Å². The smallest absolute Gasteiger partial charge is 0.252 e. The summed E-state index contributed by atoms with van der Waals surface area (Å²) in [7, 11) is 0. The number of hydrogen-bond donors (Lipinski definition) is 1. The van der Waals surface area contributed by atoms with Crippen molar-refractivity contribution in [3.8, 4) is 0 Å². The molecule has 1 amide bonds. The Bertz CT molecular complexity index is 604. The Morgan fingerprint density at radius 3 is 2.55 bits per heavy atom. The fourth-order valence-electron chi connectivity index (χ4n) is 1.73. The Hall–Kier alpha value is -1.58. The quantitative estimate of drug-likeness (QED) is 0.843. The van der Waals surface area contributed by atoms with Crippen LogP contribution in [0.4, 0.5) is 4.39 Å². The van der Waals surface area contributed by atoms with Gasteiger partial charge in [-0.15, -0.1) is 11.6 Å². The third-order valence-corrected chi connectivity index (χ3v) is 3.50. The van der Waals surface area contributed by atoms with Gasteiger partial charge in [0, 0.05) is 6.54 Å². The van der Waals surface area contributed by atoms with E-state index >= 15 is 0 Å². The fraction of sp³-hybridized carbons (Fsp3) is 0.133. The molecule has 0 bridgehead atoms. The summed E-state index contributed by atoms with van der Waals surface area (Å²) in [5.74, 6) is -0.859. The van der Waals surface area contributed by atoms with Crippen molar-refractivity contribution in [2.24, 2.45) is 0 Å². The Labute approximate surface area is 126 Å². The van der Waals surface area contributed by atoms with Crippen LogP contribution in [0.1, 0.15) is 21.3 Å². The molecule has 1 N–H and O–H groups in total. The van der Waals surface area contributed by atoms with E-state index in [1.807, 2.05) is 30.3 Å². The first-order chi connectivity index (χ1) is 9.58. The molecule has 20 heavy (non-hydrogen) atoms. The van der Waals surface area contributed by atoms with Gasteiger partial charge in [0.1, 0.15) is 5.82 Å². The van der Waals surface area contributed by atoms with Crippen LogP contribution in [0.25, 0.3) is 0 Å². The van der Waals surface area contributed by atoms with Gasteiger partial charge in [0.15, 0.2) is 0 Å². The van der Waals surface area contributed by atoms with Gasteiger partial charge in [-0.1, -0.05) is 41.9 Å². The van der Waals surface area contributed by atoms with E-state index < -0.39 is 5.82 Å². The van der Waals surface area contributed by atoms with Crippen LogP contribution in [0.15, 0.2) is 48.5 Å². The average Bonchev–Trinajstić information content (AvgIpc) is 2.45. The van der Waals surface area contributed by atoms with Gasteiger partial charge < -0.3 is 5.32 Å². The molecule has 0 aliphatic heterocycles. The Balaban J connectivity index is 1.99. The maximum absolute atomic E-state index is 12.9. The molecule has 0 saturated heterocycles. The predicted molar refractivity (Wildman–Crippen MR) is 78.8 cm³/mol. The van der Waals surface area contributed by atoms with Crippen molar-refractivity contribution >= 4 is 29.1 Å². The van der Waals surface area contributed by atoms with Crippen molar-refractivity contribution in [1.29, 1.82) is 0 Å². The second kappa shape index (κ2) is 6.73. The van der Waals surface area contributed by atoms with E-state index in [1.54, 1.807) is 0 Å². The molecule has 2 nitrogen and oxygen atoms in total. The number of rotatable bonds is 4. The number of hydrogen-bond acceptors (Lipinski definition) is 1. The Kier molecular flexibility index (Phi) is 4.99. The van der Waals surface area contributed by atoms with Crippen molar-refractivity contribution in [3.05, 3.63) is 70.5 Å². The minimum atomic E-state index is -0.481. The van der Waals surface area contributed by atoms with Crippen LogP contribution in [0.5, 0.6) is 0 Å². The summed E-state index contributed by atoms with van der Waals surface area (Å²) >= 11 is 12.0. The lowest BCUT2D eigenvalue weighted by Crippen LogP contribution is -2.27. The predicted octanol–water partition coefficient (Wildman–Crippen LogP) is 4.19. The van der Waals surface area contributed by atoms with Crippen LogP contribution in [0, 0.1) is 5.82 Å². The lowest BCUT2D eigenvalue weighted by atomic mass is 10.1. The summed E-state index contributed by atoms with van der Waals surface area (Å²) in [5, 5.41) is 2.42. The van der Waals surface area contributed by atoms with Crippen LogP contribution in [0.2, 0.25) is 5.02 Å². The molecule has 0 saturated carbocycles. The Morgan fingerprint density at radius 2 is 1.90 bits per heavy atom. The average molecular weight is 312 g/mol. The maximum Gasteiger partial charge on any atom is 0.252 e. The van der Waals surface area contributed by atoms with Gasteiger partial charge in [-0.2, -0.15) is 0 Å². The SMILES string of the molecule is O=C(NCC(Cl)c1ccccc1)c1ccc(F)cc1Cl. The summed E-state index contributed by atoms with van der Waals surface area (Å²) < 4.78 is 12.9. The molecule has 0 fully saturated rings. The molecule has 0 radical (unpaired) electrons. The topological polar surface area (TPSA) is 29.1 Å². The van der Waals surface area contributed by atoms with Crippen LogP contribution >= 0.6 is 23.2 Å². The Morgan fingerprint density at radius 1 is 1.20 bits per heavy atom. The standard InChI is InChI=1S/C15H12Cl2FNO/c16-13-8-11(18)6-7-12(13)15(20)19-9-14(17)10-4-2-1-3-5-10/h1-8,14H,9H2,(H,19,20). The minimum Gasteiger partial charge on any atom is -0.350 e. The molecule has 0 heterocycles. The number of halogens is 3. The molecule has 0 aromatic heterocycles. The second-order valence-corrected chi connectivity index (χ2v) is 5.15. The van der Waals surface area contributed by atoms with Gasteiger partial charge in [-0.3, -0.25) is 4.79 Å². The van der Waals surface area contributed by atoms with Crippen LogP contribution < -0.4 is 5.32 Å². The first-order valence-electron chi connectivity index (χ1n) is 6.00. The summed E-state index contributed by atoms with van der Waals surface area (Å²) in [6.45, 7) is 0.262. The number of benzene rings is 2. The summed E-state index contributed by atoms with van der Waals surface area (Å²) in [5.41, 5.74) is 1.14. The van der Waals surface area contributed by atoms with Crippen LogP contribution in [-0.4, -0.2) is 12.5 Å². The lowest BCUT2D eigenvalue weighted by Gasteiger charge is -2.12. The van der Waals surface area contributed by atoms with E-state index in [4.69, 9.17) is 23.2 Å². The molecule has 0 aliphatic rings. The molecule has 1 atom stereocenters. The van der Waals surface area contributed by atoms with Crippen molar-refractivity contribution in [3.63, 3.8) is 0 Å². The highest BCUT2D eigenvalue weighted by molar-refractivity contribution is 6.33. The zero-order valence-corrected chi connectivity index (χ0v) is 12.0. The zero-order chi connectivity index (χ0) is 14.5. The van der Waals surface area contributed by atoms with Gasteiger partial charge >= 0.3 is 0 Å². The highest BCUT2D eigenvalue weighted by atomic mass is 35.5. The van der Waals surface area contributed by atoms with E-state index in [0.717, 1.165) is 11.6 Å². The summed E-state index contributed by atoms with van der Waals surface area (Å²) in [4.78, 5) is 11.9. The largest absolute Gasteiger partial charge is 0.350 e. The summed E-state index contributed by atoms with van der Waals surface area (Å²) in [6.07, 6.45) is 0. The van der Waals surface area contributed by atoms with Crippen LogP contribution in [-0.2, 0) is 0 Å². The zero-order valence-electron chi connectivity index (χ0n) is 10.4. The molecular formula is C15H12Cl2FNO. The highest BCUT2D eigenvalue weighted by Gasteiger charge is 2.13. The number of carbonyl (C=O) groups excluding carboxylic acids is 1. The highest BCUT2D eigenvalue weighted by Crippen LogP contribution is 2.20. The third kappa shape index (κ3) is 3.71. The van der Waals surface area contributed by atoms with Crippen molar-refractivity contribution in [2.75, 3.05) is 6.54 Å². The molecule has 0 aliphatic carbocycles. The van der Waals surface area contributed by atoms with Gasteiger partial charge in [-0.05, 0) is 23.8 Å². The molecule has 2 aromatic carbocycles. The molecule has 104 valence electrons. The van der Waals surface area contributed by atoms with E-state index in [2.05, 4.69) is 5.32 Å². The monoisotopic (exact) mass is 311 g/mol. The molecule has 1 unspecified atom stereocenters. The maximum atomic E-state index is 12.9. The number of alkyl halides is 1.